The summed E-state index contributed by atoms with van der Waals surface area (Å²) < 4.78 is 22.8. The zero-order chi connectivity index (χ0) is 20.4. The summed E-state index contributed by atoms with van der Waals surface area (Å²) >= 11 is 0. The van der Waals surface area contributed by atoms with Crippen LogP contribution in [0.4, 0.5) is 4.39 Å². The van der Waals surface area contributed by atoms with Gasteiger partial charge in [0.1, 0.15) is 17.7 Å². The minimum absolute atomic E-state index is 0.0376. The van der Waals surface area contributed by atoms with Gasteiger partial charge in [-0.05, 0) is 48.9 Å². The molecule has 0 bridgehead atoms. The smallest absolute Gasteiger partial charge is 0.133 e. The fourth-order valence-corrected chi connectivity index (χ4v) is 3.41. The van der Waals surface area contributed by atoms with Crippen LogP contribution < -0.4 is 0 Å². The molecule has 1 atom stereocenters. The van der Waals surface area contributed by atoms with Gasteiger partial charge in [-0.3, -0.25) is 0 Å². The van der Waals surface area contributed by atoms with E-state index in [-0.39, 0.29) is 11.9 Å². The molecule has 6 heteroatoms. The van der Waals surface area contributed by atoms with Crippen molar-refractivity contribution < 1.29 is 9.13 Å². The van der Waals surface area contributed by atoms with E-state index in [2.05, 4.69) is 28.2 Å². The number of rotatable bonds is 5. The van der Waals surface area contributed by atoms with Crippen LogP contribution in [0.1, 0.15) is 17.9 Å². The van der Waals surface area contributed by atoms with Crippen molar-refractivity contribution >= 4 is 11.8 Å². The third-order valence-corrected chi connectivity index (χ3v) is 5.01. The minimum Gasteiger partial charge on any atom is -0.375 e. The number of nitrogens with zero attached hydrogens (tertiary/aromatic N) is 4. The molecule has 0 spiro atoms. The van der Waals surface area contributed by atoms with Crippen LogP contribution in [0.25, 0.3) is 23.0 Å². The lowest BCUT2D eigenvalue weighted by Crippen LogP contribution is -2.19. The maximum absolute atomic E-state index is 13.1. The van der Waals surface area contributed by atoms with Crippen LogP contribution in [-0.2, 0) is 11.8 Å². The Hall–Kier alpha value is -3.25. The molecule has 3 aromatic rings. The summed E-state index contributed by atoms with van der Waals surface area (Å²) in [4.78, 5) is 8.96. The molecule has 0 aliphatic heterocycles. The van der Waals surface area contributed by atoms with Crippen molar-refractivity contribution in [1.29, 1.82) is 0 Å². The lowest BCUT2D eigenvalue weighted by atomic mass is 9.99. The second-order valence-electron chi connectivity index (χ2n) is 7.12. The van der Waals surface area contributed by atoms with E-state index in [1.807, 2.05) is 47.9 Å². The molecule has 5 nitrogen and oxygen atoms in total. The second kappa shape index (κ2) is 8.01. The van der Waals surface area contributed by atoms with Gasteiger partial charge in [0.25, 0.3) is 0 Å². The molecular weight excluding hydrogens is 367 g/mol. The maximum Gasteiger partial charge on any atom is 0.133 e. The van der Waals surface area contributed by atoms with Crippen LogP contribution in [0, 0.1) is 12.7 Å². The molecule has 148 valence electrons. The van der Waals surface area contributed by atoms with Crippen LogP contribution in [0.5, 0.6) is 0 Å². The van der Waals surface area contributed by atoms with E-state index in [4.69, 9.17) is 4.74 Å². The van der Waals surface area contributed by atoms with Gasteiger partial charge in [0, 0.05) is 38.5 Å². The number of halogens is 1. The monoisotopic (exact) mass is 390 g/mol. The number of imidazole rings is 2. The Morgan fingerprint density at radius 1 is 1.14 bits per heavy atom. The van der Waals surface area contributed by atoms with Crippen molar-refractivity contribution in [3.05, 3.63) is 84.1 Å². The van der Waals surface area contributed by atoms with E-state index in [0.29, 0.717) is 0 Å². The highest BCUT2D eigenvalue weighted by molar-refractivity contribution is 5.62. The Morgan fingerprint density at radius 3 is 2.62 bits per heavy atom. The Kier molecular flexibility index (Phi) is 5.27. The molecule has 1 aliphatic rings. The first-order valence-electron chi connectivity index (χ1n) is 9.45. The summed E-state index contributed by atoms with van der Waals surface area (Å²) in [5.74, 6) is 0.583. The molecule has 0 amide bonds. The first-order chi connectivity index (χ1) is 14.0. The highest BCUT2D eigenvalue weighted by atomic mass is 19.1. The van der Waals surface area contributed by atoms with Crippen molar-refractivity contribution in [2.75, 3.05) is 7.11 Å². The maximum atomic E-state index is 13.1. The fraction of sp³-hybridized carbons (Fsp3) is 0.217. The zero-order valence-corrected chi connectivity index (χ0v) is 16.7. The average molecular weight is 390 g/mol. The van der Waals surface area contributed by atoms with Gasteiger partial charge in [0.05, 0.1) is 23.4 Å². The van der Waals surface area contributed by atoms with Crippen LogP contribution >= 0.6 is 0 Å². The van der Waals surface area contributed by atoms with Crippen molar-refractivity contribution in [3.8, 4) is 11.3 Å². The SMILES string of the molecule is COC1CC(/C=C/c2nc(-c3ccc(F)cc3)cn2C)=CC=C1n1cnc(C)c1. The van der Waals surface area contributed by atoms with Gasteiger partial charge in [-0.1, -0.05) is 12.2 Å². The summed E-state index contributed by atoms with van der Waals surface area (Å²) in [6.45, 7) is 1.97. The molecule has 0 fully saturated rings. The number of aryl methyl sites for hydroxylation is 2. The minimum atomic E-state index is -0.250. The largest absolute Gasteiger partial charge is 0.375 e. The first kappa shape index (κ1) is 19.1. The van der Waals surface area contributed by atoms with Crippen LogP contribution in [0.15, 0.2) is 66.8 Å². The number of allylic oxidation sites excluding steroid dienone is 3. The number of ether oxygens (including phenoxy) is 1. The molecule has 2 aromatic heterocycles. The molecule has 2 heterocycles. The predicted octanol–water partition coefficient (Wildman–Crippen LogP) is 4.63. The average Bonchev–Trinajstić information content (AvgIpc) is 3.32. The Bertz CT molecular complexity index is 1100. The van der Waals surface area contributed by atoms with Gasteiger partial charge < -0.3 is 13.9 Å². The third kappa shape index (κ3) is 4.12. The quantitative estimate of drug-likeness (QED) is 0.638. The van der Waals surface area contributed by atoms with E-state index in [1.165, 1.54) is 12.1 Å². The molecule has 4 rings (SSSR count). The predicted molar refractivity (Wildman–Crippen MR) is 112 cm³/mol. The van der Waals surface area contributed by atoms with E-state index in [9.17, 15) is 4.39 Å². The van der Waals surface area contributed by atoms with Gasteiger partial charge in [-0.15, -0.1) is 0 Å². The van der Waals surface area contributed by atoms with Crippen molar-refractivity contribution in [2.45, 2.75) is 19.4 Å². The van der Waals surface area contributed by atoms with Gasteiger partial charge in [-0.25, -0.2) is 14.4 Å². The summed E-state index contributed by atoms with van der Waals surface area (Å²) in [6, 6.07) is 6.37. The summed E-state index contributed by atoms with van der Waals surface area (Å²) in [7, 11) is 3.68. The normalized spacial score (nSPS) is 16.9. The zero-order valence-electron chi connectivity index (χ0n) is 16.7. The van der Waals surface area contributed by atoms with E-state index < -0.39 is 0 Å². The highest BCUT2D eigenvalue weighted by Gasteiger charge is 2.19. The number of hydrogen-bond donors (Lipinski definition) is 0. The van der Waals surface area contributed by atoms with E-state index in [0.717, 1.165) is 40.5 Å². The van der Waals surface area contributed by atoms with Gasteiger partial charge in [0.15, 0.2) is 0 Å². The van der Waals surface area contributed by atoms with E-state index in [1.54, 1.807) is 19.2 Å². The second-order valence-corrected chi connectivity index (χ2v) is 7.12. The molecule has 0 saturated heterocycles. The molecule has 0 radical (unpaired) electrons. The molecule has 0 N–H and O–H groups in total. The third-order valence-electron chi connectivity index (χ3n) is 5.01. The summed E-state index contributed by atoms with van der Waals surface area (Å²) in [6.07, 6.45) is 14.7. The molecular formula is C23H23FN4O. The number of methoxy groups -OCH3 is 1. The van der Waals surface area contributed by atoms with Crippen LogP contribution in [-0.4, -0.2) is 32.3 Å². The molecule has 1 aliphatic carbocycles. The lowest BCUT2D eigenvalue weighted by Gasteiger charge is -2.23. The van der Waals surface area contributed by atoms with Crippen molar-refractivity contribution in [1.82, 2.24) is 19.1 Å². The fourth-order valence-electron chi connectivity index (χ4n) is 3.41. The standard InChI is InChI=1S/C23H23FN4O/c1-16-13-28(15-25-16)21-10-4-17(12-22(21)29-3)5-11-23-26-20(14-27(23)2)18-6-8-19(24)9-7-18/h4-11,13-15,22H,12H2,1-3H3/b11-5+. The van der Waals surface area contributed by atoms with Gasteiger partial charge >= 0.3 is 0 Å². The number of benzene rings is 1. The Morgan fingerprint density at radius 2 is 1.93 bits per heavy atom. The topological polar surface area (TPSA) is 44.9 Å². The van der Waals surface area contributed by atoms with E-state index >= 15 is 0 Å². The van der Waals surface area contributed by atoms with Crippen LogP contribution in [0.3, 0.4) is 0 Å². The number of hydrogen-bond acceptors (Lipinski definition) is 3. The molecule has 29 heavy (non-hydrogen) atoms. The van der Waals surface area contributed by atoms with Crippen molar-refractivity contribution in [3.63, 3.8) is 0 Å². The van der Waals surface area contributed by atoms with Gasteiger partial charge in [-0.2, -0.15) is 0 Å². The number of aromatic nitrogens is 4. The van der Waals surface area contributed by atoms with Gasteiger partial charge in [0.2, 0.25) is 0 Å². The summed E-state index contributed by atoms with van der Waals surface area (Å²) in [5.41, 5.74) is 4.91. The first-order valence-corrected chi connectivity index (χ1v) is 9.45. The Balaban J connectivity index is 1.55. The van der Waals surface area contributed by atoms with Crippen molar-refractivity contribution in [2.24, 2.45) is 7.05 Å². The lowest BCUT2D eigenvalue weighted by molar-refractivity contribution is 0.144. The summed E-state index contributed by atoms with van der Waals surface area (Å²) in [5, 5.41) is 0. The molecule has 1 unspecified atom stereocenters. The molecule has 0 saturated carbocycles. The molecule has 1 aromatic carbocycles. The highest BCUT2D eigenvalue weighted by Crippen LogP contribution is 2.27. The van der Waals surface area contributed by atoms with Crippen LogP contribution in [0.2, 0.25) is 0 Å². The Labute approximate surface area is 169 Å².